The number of halogens is 2. The van der Waals surface area contributed by atoms with E-state index in [9.17, 15) is 0 Å². The lowest BCUT2D eigenvalue weighted by atomic mass is 10.4. The van der Waals surface area contributed by atoms with Gasteiger partial charge in [0.2, 0.25) is 5.89 Å². The molecule has 0 saturated heterocycles. The van der Waals surface area contributed by atoms with Gasteiger partial charge in [0.25, 0.3) is 0 Å². The van der Waals surface area contributed by atoms with E-state index in [1.807, 2.05) is 6.92 Å². The molecule has 0 amide bonds. The second-order valence-electron chi connectivity index (χ2n) is 3.30. The molecule has 0 saturated carbocycles. The van der Waals surface area contributed by atoms with Crippen LogP contribution < -0.4 is 5.32 Å². The molecule has 90 valence electrons. The number of nitrogens with one attached hydrogen (secondary N) is 1. The van der Waals surface area contributed by atoms with Crippen LogP contribution in [0.25, 0.3) is 0 Å². The van der Waals surface area contributed by atoms with E-state index in [4.69, 9.17) is 27.6 Å². The quantitative estimate of drug-likeness (QED) is 0.927. The molecule has 0 spiro atoms. The number of aryl methyl sites for hydroxylation is 1. The van der Waals surface area contributed by atoms with Gasteiger partial charge in [-0.05, 0) is 0 Å². The van der Waals surface area contributed by atoms with Crippen LogP contribution in [-0.2, 0) is 13.0 Å². The fraction of sp³-hybridized carbons (Fsp3) is 0.300. The third-order valence-corrected chi connectivity index (χ3v) is 2.56. The molecule has 2 heterocycles. The minimum Gasteiger partial charge on any atom is -0.444 e. The zero-order valence-electron chi connectivity index (χ0n) is 9.07. The average Bonchev–Trinajstić information content (AvgIpc) is 2.78. The second kappa shape index (κ2) is 5.33. The van der Waals surface area contributed by atoms with Crippen LogP contribution >= 0.6 is 23.2 Å². The highest BCUT2D eigenvalue weighted by Gasteiger charge is 2.06. The Balaban J connectivity index is 2.04. The molecule has 0 unspecified atom stereocenters. The van der Waals surface area contributed by atoms with Crippen molar-refractivity contribution in [2.75, 3.05) is 5.32 Å². The summed E-state index contributed by atoms with van der Waals surface area (Å²) in [5, 5.41) is 10.9. The minimum absolute atomic E-state index is 0.261. The third kappa shape index (κ3) is 3.08. The molecule has 1 N–H and O–H groups in total. The Kier molecular flexibility index (Phi) is 3.81. The first-order valence-corrected chi connectivity index (χ1v) is 5.80. The second-order valence-corrected chi connectivity index (χ2v) is 4.04. The molecular formula is C10H10Cl2N4O. The van der Waals surface area contributed by atoms with Crippen LogP contribution in [0.15, 0.2) is 16.7 Å². The van der Waals surface area contributed by atoms with Crippen molar-refractivity contribution in [3.63, 3.8) is 0 Å². The Morgan fingerprint density at radius 2 is 2.18 bits per heavy atom. The summed E-state index contributed by atoms with van der Waals surface area (Å²) in [6.45, 7) is 2.42. The van der Waals surface area contributed by atoms with Crippen LogP contribution in [0.5, 0.6) is 0 Å². The monoisotopic (exact) mass is 272 g/mol. The van der Waals surface area contributed by atoms with Gasteiger partial charge in [0, 0.05) is 12.5 Å². The van der Waals surface area contributed by atoms with Crippen LogP contribution in [-0.4, -0.2) is 15.2 Å². The topological polar surface area (TPSA) is 63.8 Å². The van der Waals surface area contributed by atoms with Gasteiger partial charge in [0.1, 0.15) is 5.76 Å². The molecule has 0 radical (unpaired) electrons. The largest absolute Gasteiger partial charge is 0.444 e. The van der Waals surface area contributed by atoms with Gasteiger partial charge in [-0.1, -0.05) is 30.1 Å². The lowest BCUT2D eigenvalue weighted by Gasteiger charge is -2.04. The van der Waals surface area contributed by atoms with Gasteiger partial charge in [-0.15, -0.1) is 10.2 Å². The minimum atomic E-state index is 0.261. The van der Waals surface area contributed by atoms with Gasteiger partial charge in [-0.25, -0.2) is 4.98 Å². The molecule has 0 aromatic carbocycles. The first-order valence-electron chi connectivity index (χ1n) is 5.05. The predicted molar refractivity (Wildman–Crippen MR) is 65.3 cm³/mol. The van der Waals surface area contributed by atoms with E-state index < -0.39 is 0 Å². The summed E-state index contributed by atoms with van der Waals surface area (Å²) in [6.07, 6.45) is 2.52. The zero-order chi connectivity index (χ0) is 12.3. The number of hydrogen-bond donors (Lipinski definition) is 1. The number of oxazole rings is 1. The molecule has 0 bridgehead atoms. The normalized spacial score (nSPS) is 10.5. The van der Waals surface area contributed by atoms with Crippen molar-refractivity contribution in [1.82, 2.24) is 15.2 Å². The number of rotatable bonds is 4. The van der Waals surface area contributed by atoms with E-state index in [-0.39, 0.29) is 10.3 Å². The van der Waals surface area contributed by atoms with E-state index in [1.165, 1.54) is 0 Å². The smallest absolute Gasteiger partial charge is 0.213 e. The fourth-order valence-corrected chi connectivity index (χ4v) is 1.55. The van der Waals surface area contributed by atoms with Gasteiger partial charge < -0.3 is 9.73 Å². The predicted octanol–water partition coefficient (Wildman–Crippen LogP) is 2.95. The van der Waals surface area contributed by atoms with Crippen molar-refractivity contribution in [3.05, 3.63) is 34.2 Å². The Morgan fingerprint density at radius 1 is 1.35 bits per heavy atom. The molecule has 0 fully saturated rings. The summed E-state index contributed by atoms with van der Waals surface area (Å²) in [6, 6.07) is 1.60. The highest BCUT2D eigenvalue weighted by Crippen LogP contribution is 2.21. The molecule has 17 heavy (non-hydrogen) atoms. The summed E-state index contributed by atoms with van der Waals surface area (Å²) in [5.74, 6) is 1.43. The number of nitrogens with zero attached hydrogens (tertiary/aromatic N) is 3. The van der Waals surface area contributed by atoms with E-state index in [0.29, 0.717) is 18.1 Å². The van der Waals surface area contributed by atoms with Crippen LogP contribution in [0, 0.1) is 0 Å². The van der Waals surface area contributed by atoms with E-state index in [0.717, 1.165) is 12.2 Å². The SMILES string of the molecule is CCc1cnc(CNc2cc(Cl)nnc2Cl)o1. The first kappa shape index (κ1) is 12.1. The van der Waals surface area contributed by atoms with Crippen molar-refractivity contribution in [2.24, 2.45) is 0 Å². The molecular weight excluding hydrogens is 263 g/mol. The summed E-state index contributed by atoms with van der Waals surface area (Å²) < 4.78 is 5.44. The lowest BCUT2D eigenvalue weighted by Crippen LogP contribution is -2.01. The van der Waals surface area contributed by atoms with Gasteiger partial charge in [-0.2, -0.15) is 0 Å². The first-order chi connectivity index (χ1) is 8.19. The molecule has 0 atom stereocenters. The molecule has 7 heteroatoms. The summed E-state index contributed by atoms with van der Waals surface area (Å²) in [4.78, 5) is 4.11. The van der Waals surface area contributed by atoms with Crippen LogP contribution in [0.3, 0.4) is 0 Å². The molecule has 0 aliphatic rings. The molecule has 2 aromatic rings. The summed E-state index contributed by atoms with van der Waals surface area (Å²) in [5.41, 5.74) is 0.600. The van der Waals surface area contributed by atoms with Gasteiger partial charge in [-0.3, -0.25) is 0 Å². The lowest BCUT2D eigenvalue weighted by molar-refractivity contribution is 0.466. The van der Waals surface area contributed by atoms with Crippen molar-refractivity contribution in [2.45, 2.75) is 19.9 Å². The Labute approximate surface area is 108 Å². The third-order valence-electron chi connectivity index (χ3n) is 2.10. The van der Waals surface area contributed by atoms with Gasteiger partial charge in [0.15, 0.2) is 10.3 Å². The maximum absolute atomic E-state index is 5.85. The molecule has 5 nitrogen and oxygen atoms in total. The Hall–Kier alpha value is -1.33. The number of aromatic nitrogens is 3. The van der Waals surface area contributed by atoms with Gasteiger partial charge >= 0.3 is 0 Å². The Morgan fingerprint density at radius 3 is 2.88 bits per heavy atom. The fourth-order valence-electron chi connectivity index (χ4n) is 1.24. The molecule has 2 rings (SSSR count). The van der Waals surface area contributed by atoms with E-state index in [1.54, 1.807) is 12.3 Å². The Bertz CT molecular complexity index is 515. The van der Waals surface area contributed by atoms with E-state index in [2.05, 4.69) is 20.5 Å². The average molecular weight is 273 g/mol. The number of hydrogen-bond acceptors (Lipinski definition) is 5. The van der Waals surface area contributed by atoms with Crippen molar-refractivity contribution in [3.8, 4) is 0 Å². The standard InChI is InChI=1S/C10H10Cl2N4O/c1-2-6-4-14-9(17-6)5-13-7-3-8(11)15-16-10(7)12/h3-4H,2,5H2,1H3,(H,13,15). The van der Waals surface area contributed by atoms with Crippen LogP contribution in [0.1, 0.15) is 18.6 Å². The number of anilines is 1. The summed E-state index contributed by atoms with van der Waals surface area (Å²) in [7, 11) is 0. The van der Waals surface area contributed by atoms with Gasteiger partial charge in [0.05, 0.1) is 18.4 Å². The molecule has 0 aliphatic carbocycles. The maximum Gasteiger partial charge on any atom is 0.213 e. The van der Waals surface area contributed by atoms with Crippen LogP contribution in [0.4, 0.5) is 5.69 Å². The molecule has 0 aliphatic heterocycles. The molecule has 2 aromatic heterocycles. The van der Waals surface area contributed by atoms with E-state index >= 15 is 0 Å². The highest BCUT2D eigenvalue weighted by atomic mass is 35.5. The summed E-state index contributed by atoms with van der Waals surface area (Å²) >= 11 is 11.6. The maximum atomic E-state index is 5.85. The van der Waals surface area contributed by atoms with Crippen molar-refractivity contribution >= 4 is 28.9 Å². The van der Waals surface area contributed by atoms with Crippen molar-refractivity contribution < 1.29 is 4.42 Å². The van der Waals surface area contributed by atoms with Crippen LogP contribution in [0.2, 0.25) is 10.3 Å². The highest BCUT2D eigenvalue weighted by molar-refractivity contribution is 6.33. The van der Waals surface area contributed by atoms with Crippen molar-refractivity contribution in [1.29, 1.82) is 0 Å². The zero-order valence-corrected chi connectivity index (χ0v) is 10.6.